The second kappa shape index (κ2) is 16.0. The molecule has 2 N–H and O–H groups in total. The summed E-state index contributed by atoms with van der Waals surface area (Å²) >= 11 is 8.42. The van der Waals surface area contributed by atoms with Crippen LogP contribution in [0.15, 0.2) is 131 Å². The number of rotatable bonds is 9. The zero-order valence-corrected chi connectivity index (χ0v) is 36.5. The molecule has 0 aromatic heterocycles. The summed E-state index contributed by atoms with van der Waals surface area (Å²) in [5.41, 5.74) is 6.08. The van der Waals surface area contributed by atoms with Crippen LogP contribution in [0.3, 0.4) is 0 Å². The molecule has 4 amide bonds. The first-order valence-corrected chi connectivity index (χ1v) is 21.4. The third-order valence-corrected chi connectivity index (χ3v) is 13.7. The molecular formula is C47H39ClFIN6O6. The molecule has 62 heavy (non-hydrogen) atoms. The monoisotopic (exact) mass is 964 g/mol. The Morgan fingerprint density at radius 3 is 2.13 bits per heavy atom. The van der Waals surface area contributed by atoms with Gasteiger partial charge in [-0.1, -0.05) is 35.4 Å². The van der Waals surface area contributed by atoms with Crippen molar-refractivity contribution in [2.24, 2.45) is 33.9 Å². The second-order valence-corrected chi connectivity index (χ2v) is 17.7. The van der Waals surface area contributed by atoms with Gasteiger partial charge in [0.05, 0.1) is 56.6 Å². The minimum absolute atomic E-state index is 0.0618. The van der Waals surface area contributed by atoms with Gasteiger partial charge in [0, 0.05) is 30.7 Å². The number of hydrazine groups is 1. The van der Waals surface area contributed by atoms with Gasteiger partial charge in [0.15, 0.2) is 11.5 Å². The number of benzene rings is 5. The van der Waals surface area contributed by atoms with Crippen LogP contribution in [-0.2, 0) is 24.6 Å². The lowest BCUT2D eigenvalue weighted by atomic mass is 9.49. The molecule has 9 rings (SSSR count). The van der Waals surface area contributed by atoms with E-state index in [0.29, 0.717) is 42.5 Å². The molecule has 2 saturated heterocycles. The number of methoxy groups -OCH3 is 1. The van der Waals surface area contributed by atoms with E-state index in [2.05, 4.69) is 15.7 Å². The highest BCUT2D eigenvalue weighted by atomic mass is 127. The number of carbonyl (C=O) groups is 4. The molecule has 1 saturated carbocycles. The maximum Gasteiger partial charge on any atom is 0.260 e. The Morgan fingerprint density at radius 2 is 1.50 bits per heavy atom. The maximum atomic E-state index is 15.4. The highest BCUT2D eigenvalue weighted by Crippen LogP contribution is 2.64. The molecule has 0 bridgehead atoms. The van der Waals surface area contributed by atoms with E-state index >= 15 is 4.79 Å². The van der Waals surface area contributed by atoms with Crippen LogP contribution in [0, 0.1) is 33.1 Å². The molecule has 15 heteroatoms. The van der Waals surface area contributed by atoms with E-state index in [9.17, 15) is 23.9 Å². The number of nitrogens with one attached hydrogen (secondary N) is 1. The number of nitrogens with zero attached hydrogens (tertiary/aromatic N) is 5. The van der Waals surface area contributed by atoms with Crippen molar-refractivity contribution in [1.29, 1.82) is 0 Å². The molecule has 2 heterocycles. The van der Waals surface area contributed by atoms with E-state index in [4.69, 9.17) is 16.3 Å². The molecular weight excluding hydrogens is 926 g/mol. The van der Waals surface area contributed by atoms with Crippen molar-refractivity contribution in [2.45, 2.75) is 24.2 Å². The predicted octanol–water partition coefficient (Wildman–Crippen LogP) is 9.47. The van der Waals surface area contributed by atoms with Crippen molar-refractivity contribution in [1.82, 2.24) is 5.01 Å². The van der Waals surface area contributed by atoms with Crippen LogP contribution in [0.5, 0.6) is 11.5 Å². The number of allylic oxidation sites excluding steroid dienone is 2. The number of anilines is 3. The first kappa shape index (κ1) is 41.2. The molecule has 2 aliphatic heterocycles. The smallest absolute Gasteiger partial charge is 0.260 e. The Bertz CT molecular complexity index is 2700. The average molecular weight is 965 g/mol. The van der Waals surface area contributed by atoms with Crippen LogP contribution in [-0.4, -0.2) is 54.9 Å². The summed E-state index contributed by atoms with van der Waals surface area (Å²) in [4.78, 5) is 62.8. The van der Waals surface area contributed by atoms with E-state index < -0.39 is 58.5 Å². The summed E-state index contributed by atoms with van der Waals surface area (Å²) in [6.45, 7) is 0. The summed E-state index contributed by atoms with van der Waals surface area (Å²) in [5, 5.41) is 21.1. The van der Waals surface area contributed by atoms with Crippen LogP contribution in [0.25, 0.3) is 0 Å². The molecule has 4 aliphatic rings. The largest absolute Gasteiger partial charge is 0.504 e. The molecule has 0 radical (unpaired) electrons. The number of azo groups is 1. The van der Waals surface area contributed by atoms with Crippen LogP contribution < -0.4 is 20.0 Å². The number of halogens is 3. The minimum atomic E-state index is -1.60. The normalized spacial score (nSPS) is 24.2. The molecule has 0 spiro atoms. The molecule has 3 fully saturated rings. The van der Waals surface area contributed by atoms with E-state index in [0.717, 1.165) is 16.3 Å². The summed E-state index contributed by atoms with van der Waals surface area (Å²) in [6, 6.07) is 29.9. The van der Waals surface area contributed by atoms with Gasteiger partial charge < -0.3 is 14.7 Å². The van der Waals surface area contributed by atoms with Gasteiger partial charge in [-0.3, -0.25) is 29.5 Å². The van der Waals surface area contributed by atoms with Crippen LogP contribution >= 0.6 is 34.2 Å². The minimum Gasteiger partial charge on any atom is -0.504 e. The molecule has 12 nitrogen and oxygen atoms in total. The number of fused-ring (bicyclic) bond motifs is 4. The highest BCUT2D eigenvalue weighted by Gasteiger charge is 2.70. The van der Waals surface area contributed by atoms with Gasteiger partial charge in [0.2, 0.25) is 11.8 Å². The third kappa shape index (κ3) is 6.70. The number of phenolic OH excluding ortho intramolecular Hbond substituents is 1. The predicted molar refractivity (Wildman–Crippen MR) is 240 cm³/mol. The highest BCUT2D eigenvalue weighted by molar-refractivity contribution is 14.1. The first-order valence-electron chi connectivity index (χ1n) is 19.9. The molecule has 2 aliphatic carbocycles. The number of hydrogen-bond donors (Lipinski definition) is 2. The van der Waals surface area contributed by atoms with E-state index in [1.807, 2.05) is 71.9 Å². The summed E-state index contributed by atoms with van der Waals surface area (Å²) in [5.74, 6) is -6.43. The number of carbonyl (C=O) groups excluding carboxylic acids is 4. The Kier molecular flexibility index (Phi) is 10.6. The Balaban J connectivity index is 1.12. The lowest BCUT2D eigenvalue weighted by molar-refractivity contribution is -0.138. The topological polar surface area (TPSA) is 144 Å². The summed E-state index contributed by atoms with van der Waals surface area (Å²) in [7, 11) is 5.34. The SMILES string of the molecule is COc1cc(C2C3=CCC4C(=O)N(c5ccc(N=Nc6ccc(N(C)C)cc6)cc5)C(=O)C4C3CC3C(=O)N(Nc4ccc(F)cc4)C(=O)C32c2ccc(Cl)cc2)cc(I)c1O. The zero-order valence-electron chi connectivity index (χ0n) is 33.6. The number of aromatic hydroxyl groups is 1. The average Bonchev–Trinajstić information content (AvgIpc) is 3.65. The molecule has 6 atom stereocenters. The fourth-order valence-corrected chi connectivity index (χ4v) is 10.6. The van der Waals surface area contributed by atoms with Crippen molar-refractivity contribution in [3.63, 3.8) is 0 Å². The number of imide groups is 2. The van der Waals surface area contributed by atoms with Crippen molar-refractivity contribution in [2.75, 3.05) is 36.4 Å². The van der Waals surface area contributed by atoms with Crippen LogP contribution in [0.4, 0.5) is 32.8 Å². The maximum absolute atomic E-state index is 15.4. The standard InChI is InChI=1S/C47H39ClFIN6O6/c1-54(2)32-16-12-29(13-17-32)51-52-30-14-18-33(19-15-30)55-43(58)35-21-20-34-36(40(35)45(55)60)24-37-44(59)56(53-31-10-8-28(49)9-11-31)46(61)47(37,26-4-6-27(48)7-5-26)41(34)25-22-38(50)42(57)39(23-25)62-3/h4-20,22-23,35-37,40-41,53,57H,21,24H2,1-3H3. The lowest BCUT2D eigenvalue weighted by Crippen LogP contribution is -2.53. The van der Waals surface area contributed by atoms with Crippen molar-refractivity contribution >= 4 is 86.3 Å². The van der Waals surface area contributed by atoms with Gasteiger partial charge in [-0.15, -0.1) is 0 Å². The van der Waals surface area contributed by atoms with Gasteiger partial charge in [0.25, 0.3) is 11.8 Å². The van der Waals surface area contributed by atoms with Gasteiger partial charge in [-0.05, 0) is 150 Å². The number of hydrogen-bond acceptors (Lipinski definition) is 10. The lowest BCUT2D eigenvalue weighted by Gasteiger charge is -2.50. The number of ether oxygens (including phenoxy) is 1. The Labute approximate surface area is 375 Å². The molecule has 314 valence electrons. The van der Waals surface area contributed by atoms with E-state index in [1.165, 1.54) is 36.3 Å². The second-order valence-electron chi connectivity index (χ2n) is 16.1. The van der Waals surface area contributed by atoms with Gasteiger partial charge in [-0.2, -0.15) is 15.2 Å². The fraction of sp³-hybridized carbons (Fsp3) is 0.234. The summed E-state index contributed by atoms with van der Waals surface area (Å²) in [6.07, 6.45) is 2.22. The quantitative estimate of drug-likeness (QED) is 0.0644. The van der Waals surface area contributed by atoms with Crippen molar-refractivity contribution in [3.8, 4) is 11.5 Å². The summed E-state index contributed by atoms with van der Waals surface area (Å²) < 4.78 is 20.1. The first-order chi connectivity index (χ1) is 29.8. The Hall–Kier alpha value is -6.13. The van der Waals surface area contributed by atoms with Crippen LogP contribution in [0.2, 0.25) is 5.02 Å². The van der Waals surface area contributed by atoms with Crippen molar-refractivity contribution < 1.29 is 33.4 Å². The van der Waals surface area contributed by atoms with Gasteiger partial charge in [-0.25, -0.2) is 4.39 Å². The van der Waals surface area contributed by atoms with Gasteiger partial charge >= 0.3 is 0 Å². The van der Waals surface area contributed by atoms with Gasteiger partial charge in [0.1, 0.15) is 5.82 Å². The third-order valence-electron chi connectivity index (χ3n) is 12.6. The fourth-order valence-electron chi connectivity index (χ4n) is 9.80. The molecule has 5 aromatic carbocycles. The van der Waals surface area contributed by atoms with E-state index in [-0.39, 0.29) is 30.2 Å². The Morgan fingerprint density at radius 1 is 0.855 bits per heavy atom. The number of phenols is 1. The van der Waals surface area contributed by atoms with E-state index in [1.54, 1.807) is 60.7 Å². The van der Waals surface area contributed by atoms with Crippen LogP contribution in [0.1, 0.15) is 29.9 Å². The molecule has 6 unspecified atom stereocenters. The zero-order chi connectivity index (χ0) is 43.6. The molecule has 5 aromatic rings. The number of amides is 4. The van der Waals surface area contributed by atoms with Crippen molar-refractivity contribution in [3.05, 3.63) is 146 Å².